The minimum absolute atomic E-state index is 0.0494. The standard InChI is InChI=1S/C23H36ClIO5/c1-29-23(28)4-2-3-18(25)22-12-17-16(20(27)13-21(17)30-22)7-8-19(26)15-6-5-14(11-15)9-10-24/h7-8,14-22,26-27H,2-6,9-13H2,1H3/t14?,15?,16-,17-,18?,19-,20-,21-,22?/m1/s1. The highest BCUT2D eigenvalue weighted by molar-refractivity contribution is 14.1. The predicted octanol–water partition coefficient (Wildman–Crippen LogP) is 4.25. The summed E-state index contributed by atoms with van der Waals surface area (Å²) in [6.45, 7) is 0. The van der Waals surface area contributed by atoms with Crippen molar-refractivity contribution in [1.29, 1.82) is 0 Å². The van der Waals surface area contributed by atoms with Gasteiger partial charge >= 0.3 is 5.97 Å². The average Bonchev–Trinajstić information content (AvgIpc) is 3.41. The Morgan fingerprint density at radius 1 is 1.33 bits per heavy atom. The number of carbonyl (C=O) groups is 1. The van der Waals surface area contributed by atoms with E-state index in [1.54, 1.807) is 0 Å². The van der Waals surface area contributed by atoms with Crippen LogP contribution in [0.5, 0.6) is 0 Å². The van der Waals surface area contributed by atoms with Crippen LogP contribution in [0.4, 0.5) is 0 Å². The third-order valence-corrected chi connectivity index (χ3v) is 8.99. The Morgan fingerprint density at radius 2 is 2.13 bits per heavy atom. The molecule has 3 fully saturated rings. The summed E-state index contributed by atoms with van der Waals surface area (Å²) in [6.07, 6.45) is 11.5. The average molecular weight is 555 g/mol. The summed E-state index contributed by atoms with van der Waals surface area (Å²) in [5.41, 5.74) is 0. The van der Waals surface area contributed by atoms with Gasteiger partial charge in [0.1, 0.15) is 0 Å². The number of halogens is 2. The van der Waals surface area contributed by atoms with Crippen LogP contribution in [0.15, 0.2) is 12.2 Å². The molecule has 2 N–H and O–H groups in total. The molecule has 3 rings (SSSR count). The summed E-state index contributed by atoms with van der Waals surface area (Å²) in [4.78, 5) is 11.3. The molecule has 0 aromatic carbocycles. The second-order valence-corrected chi connectivity index (χ2v) is 11.2. The number of hydrogen-bond acceptors (Lipinski definition) is 5. The highest BCUT2D eigenvalue weighted by atomic mass is 127. The van der Waals surface area contributed by atoms with Crippen LogP contribution in [-0.4, -0.2) is 57.5 Å². The first-order valence-electron chi connectivity index (χ1n) is 11.4. The summed E-state index contributed by atoms with van der Waals surface area (Å²) in [5, 5.41) is 21.2. The second kappa shape index (κ2) is 11.8. The van der Waals surface area contributed by atoms with Crippen molar-refractivity contribution in [2.24, 2.45) is 23.7 Å². The normalized spacial score (nSPS) is 38.1. The molecule has 2 aliphatic carbocycles. The van der Waals surface area contributed by atoms with Crippen LogP contribution in [0.3, 0.4) is 0 Å². The van der Waals surface area contributed by atoms with Crippen molar-refractivity contribution >= 4 is 40.2 Å². The lowest BCUT2D eigenvalue weighted by atomic mass is 9.88. The van der Waals surface area contributed by atoms with E-state index in [1.807, 2.05) is 6.08 Å². The highest BCUT2D eigenvalue weighted by Gasteiger charge is 2.49. The Morgan fingerprint density at radius 3 is 2.87 bits per heavy atom. The Hall–Kier alpha value is 0.110. The quantitative estimate of drug-likeness (QED) is 0.183. The summed E-state index contributed by atoms with van der Waals surface area (Å²) in [5.74, 6) is 1.84. The molecule has 1 aliphatic heterocycles. The molecule has 9 atom stereocenters. The van der Waals surface area contributed by atoms with Crippen molar-refractivity contribution in [2.45, 2.75) is 86.1 Å². The van der Waals surface area contributed by atoms with Crippen molar-refractivity contribution in [3.05, 3.63) is 12.2 Å². The van der Waals surface area contributed by atoms with Gasteiger partial charge in [0, 0.05) is 28.6 Å². The van der Waals surface area contributed by atoms with Gasteiger partial charge in [0.05, 0.1) is 31.5 Å². The lowest BCUT2D eigenvalue weighted by molar-refractivity contribution is -0.140. The molecule has 0 amide bonds. The van der Waals surface area contributed by atoms with Gasteiger partial charge in [-0.15, -0.1) is 11.6 Å². The number of methoxy groups -OCH3 is 1. The molecule has 172 valence electrons. The van der Waals surface area contributed by atoms with E-state index in [4.69, 9.17) is 21.1 Å². The maximum absolute atomic E-state index is 11.3. The topological polar surface area (TPSA) is 76.0 Å². The number of hydrogen-bond donors (Lipinski definition) is 2. The number of aliphatic hydroxyl groups excluding tert-OH is 2. The van der Waals surface area contributed by atoms with Gasteiger partial charge in [-0.1, -0.05) is 41.2 Å². The first-order valence-corrected chi connectivity index (χ1v) is 13.2. The number of aliphatic hydroxyl groups is 2. The molecule has 2 saturated carbocycles. The number of carbonyl (C=O) groups excluding carboxylic acids is 1. The zero-order valence-electron chi connectivity index (χ0n) is 17.8. The Kier molecular flexibility index (Phi) is 9.75. The smallest absolute Gasteiger partial charge is 0.305 e. The molecule has 3 aliphatic rings. The van der Waals surface area contributed by atoms with Crippen LogP contribution in [0.1, 0.15) is 57.8 Å². The third-order valence-electron chi connectivity index (χ3n) is 7.35. The highest BCUT2D eigenvalue weighted by Crippen LogP contribution is 2.46. The van der Waals surface area contributed by atoms with E-state index in [0.717, 1.165) is 44.9 Å². The molecule has 30 heavy (non-hydrogen) atoms. The number of fused-ring (bicyclic) bond motifs is 1. The summed E-state index contributed by atoms with van der Waals surface area (Å²) in [6, 6.07) is 0. The van der Waals surface area contributed by atoms with Crippen LogP contribution in [0.25, 0.3) is 0 Å². The van der Waals surface area contributed by atoms with Crippen LogP contribution in [0.2, 0.25) is 0 Å². The first-order chi connectivity index (χ1) is 14.4. The van der Waals surface area contributed by atoms with Crippen LogP contribution < -0.4 is 0 Å². The molecule has 0 bridgehead atoms. The molecule has 0 aromatic rings. The summed E-state index contributed by atoms with van der Waals surface area (Å²) >= 11 is 8.30. The number of rotatable bonds is 10. The number of alkyl halides is 2. The zero-order valence-corrected chi connectivity index (χ0v) is 20.7. The predicted molar refractivity (Wildman–Crippen MR) is 126 cm³/mol. The van der Waals surface area contributed by atoms with Crippen LogP contribution >= 0.6 is 34.2 Å². The van der Waals surface area contributed by atoms with E-state index >= 15 is 0 Å². The second-order valence-electron chi connectivity index (χ2n) is 9.27. The van der Waals surface area contributed by atoms with Crippen molar-refractivity contribution in [3.8, 4) is 0 Å². The fraction of sp³-hybridized carbons (Fsp3) is 0.870. The van der Waals surface area contributed by atoms with E-state index in [-0.39, 0.29) is 24.1 Å². The third kappa shape index (κ3) is 6.33. The van der Waals surface area contributed by atoms with Gasteiger partial charge in [0.25, 0.3) is 0 Å². The molecular weight excluding hydrogens is 519 g/mol. The maximum atomic E-state index is 11.3. The minimum Gasteiger partial charge on any atom is -0.469 e. The molecule has 7 heteroatoms. The zero-order chi connectivity index (χ0) is 21.7. The first kappa shape index (κ1) is 24.7. The molecule has 5 nitrogen and oxygen atoms in total. The van der Waals surface area contributed by atoms with Crippen LogP contribution in [0, 0.1) is 23.7 Å². The monoisotopic (exact) mass is 554 g/mol. The van der Waals surface area contributed by atoms with Gasteiger partial charge in [-0.2, -0.15) is 0 Å². The lowest BCUT2D eigenvalue weighted by Crippen LogP contribution is -2.24. The molecule has 4 unspecified atom stereocenters. The van der Waals surface area contributed by atoms with E-state index in [9.17, 15) is 15.0 Å². The lowest BCUT2D eigenvalue weighted by Gasteiger charge is -2.21. The fourth-order valence-electron chi connectivity index (χ4n) is 5.59. The molecule has 1 saturated heterocycles. The van der Waals surface area contributed by atoms with Crippen molar-refractivity contribution in [2.75, 3.05) is 13.0 Å². The number of esters is 1. The van der Waals surface area contributed by atoms with Gasteiger partial charge < -0.3 is 19.7 Å². The van der Waals surface area contributed by atoms with Gasteiger partial charge in [0.15, 0.2) is 0 Å². The van der Waals surface area contributed by atoms with Crippen molar-refractivity contribution in [1.82, 2.24) is 0 Å². The summed E-state index contributed by atoms with van der Waals surface area (Å²) < 4.78 is 11.3. The SMILES string of the molecule is COC(=O)CCCC(I)C1C[C@@H]2[C@@H](C=C[C@@H](O)C3CCC(CCCl)C3)[C@H](O)C[C@H]2O1. The molecule has 1 heterocycles. The molecular formula is C23H36ClIO5. The Bertz CT molecular complexity index is 588. The van der Waals surface area contributed by atoms with E-state index in [2.05, 4.69) is 28.7 Å². The van der Waals surface area contributed by atoms with Gasteiger partial charge in [-0.3, -0.25) is 4.79 Å². The van der Waals surface area contributed by atoms with Gasteiger partial charge in [0.2, 0.25) is 0 Å². The molecule has 0 spiro atoms. The van der Waals surface area contributed by atoms with E-state index in [0.29, 0.717) is 40.4 Å². The fourth-order valence-corrected chi connectivity index (χ4v) is 6.80. The van der Waals surface area contributed by atoms with Gasteiger partial charge in [-0.05, 0) is 56.3 Å². The number of ether oxygens (including phenoxy) is 2. The molecule has 0 aromatic heterocycles. The minimum atomic E-state index is -0.440. The maximum Gasteiger partial charge on any atom is 0.305 e. The summed E-state index contributed by atoms with van der Waals surface area (Å²) in [7, 11) is 1.42. The van der Waals surface area contributed by atoms with Gasteiger partial charge in [-0.25, -0.2) is 0 Å². The van der Waals surface area contributed by atoms with E-state index in [1.165, 1.54) is 7.11 Å². The van der Waals surface area contributed by atoms with Crippen molar-refractivity contribution in [3.63, 3.8) is 0 Å². The van der Waals surface area contributed by atoms with Crippen molar-refractivity contribution < 1.29 is 24.5 Å². The Balaban J connectivity index is 1.48. The van der Waals surface area contributed by atoms with Crippen LogP contribution in [-0.2, 0) is 14.3 Å². The molecule has 0 radical (unpaired) electrons. The van der Waals surface area contributed by atoms with E-state index < -0.39 is 12.2 Å². The Labute approximate surface area is 199 Å². The largest absolute Gasteiger partial charge is 0.469 e.